The third-order valence-electron chi connectivity index (χ3n) is 7.01. The average molecular weight is 451 g/mol. The van der Waals surface area contributed by atoms with E-state index in [4.69, 9.17) is 14.2 Å². The van der Waals surface area contributed by atoms with Gasteiger partial charge in [0.1, 0.15) is 11.8 Å². The Morgan fingerprint density at radius 2 is 1.88 bits per heavy atom. The number of carbonyl (C=O) groups excluding carboxylic acids is 2. The van der Waals surface area contributed by atoms with Crippen LogP contribution in [0.5, 0.6) is 11.5 Å². The summed E-state index contributed by atoms with van der Waals surface area (Å²) in [5, 5.41) is 3.00. The Hall–Kier alpha value is -3.06. The largest absolute Gasteiger partial charge is 0.454 e. The molecule has 2 aromatic carbocycles. The van der Waals surface area contributed by atoms with Crippen molar-refractivity contribution in [3.8, 4) is 11.5 Å². The first kappa shape index (κ1) is 21.8. The maximum absolute atomic E-state index is 13.7. The number of hydrogen-bond acceptors (Lipinski definition) is 5. The van der Waals surface area contributed by atoms with Crippen LogP contribution in [0.4, 0.5) is 0 Å². The fourth-order valence-corrected chi connectivity index (χ4v) is 5.06. The molecule has 2 aromatic rings. The lowest BCUT2D eigenvalue weighted by molar-refractivity contribution is -0.128. The smallest absolute Gasteiger partial charge is 0.256 e. The van der Waals surface area contributed by atoms with Crippen LogP contribution in [0.1, 0.15) is 54.1 Å². The first-order valence-electron chi connectivity index (χ1n) is 11.7. The predicted octanol–water partition coefficient (Wildman–Crippen LogP) is 3.79. The zero-order chi connectivity index (χ0) is 23.0. The first-order valence-corrected chi connectivity index (χ1v) is 11.7. The number of nitrogens with one attached hydrogen (secondary N) is 1. The van der Waals surface area contributed by atoms with Crippen molar-refractivity contribution in [2.24, 2.45) is 5.92 Å². The van der Waals surface area contributed by atoms with Gasteiger partial charge in [-0.3, -0.25) is 14.5 Å². The van der Waals surface area contributed by atoms with E-state index in [0.29, 0.717) is 29.5 Å². The van der Waals surface area contributed by atoms with Crippen molar-refractivity contribution >= 4 is 11.8 Å². The molecule has 2 amide bonds. The maximum Gasteiger partial charge on any atom is 0.256 e. The molecule has 0 aromatic heterocycles. The summed E-state index contributed by atoms with van der Waals surface area (Å²) in [7, 11) is 0. The molecule has 3 aliphatic rings. The second kappa shape index (κ2) is 8.71. The van der Waals surface area contributed by atoms with E-state index in [-0.39, 0.29) is 25.2 Å². The highest BCUT2D eigenvalue weighted by Gasteiger charge is 2.53. The Morgan fingerprint density at radius 1 is 1.09 bits per heavy atom. The van der Waals surface area contributed by atoms with Gasteiger partial charge in [0.2, 0.25) is 12.7 Å². The van der Waals surface area contributed by atoms with Gasteiger partial charge in [-0.25, -0.2) is 0 Å². The van der Waals surface area contributed by atoms with E-state index in [9.17, 15) is 9.59 Å². The molecule has 174 valence electrons. The highest BCUT2D eigenvalue weighted by Crippen LogP contribution is 2.43. The topological polar surface area (TPSA) is 77.1 Å². The summed E-state index contributed by atoms with van der Waals surface area (Å²) in [6, 6.07) is 12.5. The molecular formula is C26H30N2O5. The van der Waals surface area contributed by atoms with Crippen molar-refractivity contribution in [3.05, 3.63) is 59.2 Å². The lowest BCUT2D eigenvalue weighted by atomic mass is 9.83. The number of ether oxygens (including phenoxy) is 3. The molecule has 2 fully saturated rings. The summed E-state index contributed by atoms with van der Waals surface area (Å²) in [6.07, 6.45) is 3.45. The van der Waals surface area contributed by atoms with Crippen LogP contribution >= 0.6 is 0 Å². The lowest BCUT2D eigenvalue weighted by Crippen LogP contribution is -2.56. The van der Waals surface area contributed by atoms with Crippen LogP contribution in [0, 0.1) is 12.8 Å². The summed E-state index contributed by atoms with van der Waals surface area (Å²) in [6.45, 7) is 4.94. The fraction of sp³-hybridized carbons (Fsp3) is 0.462. The normalized spacial score (nSPS) is 25.9. The van der Waals surface area contributed by atoms with Crippen molar-refractivity contribution in [2.75, 3.05) is 13.4 Å². The number of carbonyl (C=O) groups is 2. The minimum absolute atomic E-state index is 0.144. The SMILES string of the molecule is Cc1cccc(C(=O)N2[C@@H](C(=O)NCc3ccc4c(c3)OCO4)COC23CCC(C)CC3)c1. The summed E-state index contributed by atoms with van der Waals surface area (Å²) >= 11 is 0. The van der Waals surface area contributed by atoms with Gasteiger partial charge in [0.05, 0.1) is 6.61 Å². The van der Waals surface area contributed by atoms with Gasteiger partial charge in [0.15, 0.2) is 11.5 Å². The summed E-state index contributed by atoms with van der Waals surface area (Å²) in [5.41, 5.74) is 1.79. The van der Waals surface area contributed by atoms with Crippen molar-refractivity contribution in [2.45, 2.75) is 57.8 Å². The maximum atomic E-state index is 13.7. The predicted molar refractivity (Wildman–Crippen MR) is 122 cm³/mol. The van der Waals surface area contributed by atoms with Gasteiger partial charge in [-0.2, -0.15) is 0 Å². The van der Waals surface area contributed by atoms with E-state index in [0.717, 1.165) is 36.8 Å². The summed E-state index contributed by atoms with van der Waals surface area (Å²) < 4.78 is 17.1. The van der Waals surface area contributed by atoms with Crippen molar-refractivity contribution in [1.82, 2.24) is 10.2 Å². The van der Waals surface area contributed by atoms with E-state index in [1.165, 1.54) is 0 Å². The van der Waals surface area contributed by atoms with Gasteiger partial charge in [-0.1, -0.05) is 30.7 Å². The number of amides is 2. The zero-order valence-corrected chi connectivity index (χ0v) is 19.1. The molecule has 2 aliphatic heterocycles. The Balaban J connectivity index is 1.36. The molecule has 33 heavy (non-hydrogen) atoms. The molecule has 2 heterocycles. The molecule has 0 unspecified atom stereocenters. The van der Waals surface area contributed by atoms with Gasteiger partial charge in [-0.15, -0.1) is 0 Å². The Labute approximate surface area is 194 Å². The Bertz CT molecular complexity index is 1060. The van der Waals surface area contributed by atoms with Crippen LogP contribution in [0.3, 0.4) is 0 Å². The minimum Gasteiger partial charge on any atom is -0.454 e. The third-order valence-corrected chi connectivity index (χ3v) is 7.01. The first-order chi connectivity index (χ1) is 15.9. The van der Waals surface area contributed by atoms with Crippen LogP contribution in [-0.2, 0) is 16.1 Å². The van der Waals surface area contributed by atoms with Crippen LogP contribution in [0.2, 0.25) is 0 Å². The molecule has 5 rings (SSSR count). The van der Waals surface area contributed by atoms with Crippen molar-refractivity contribution < 1.29 is 23.8 Å². The molecule has 1 aliphatic carbocycles. The monoisotopic (exact) mass is 450 g/mol. The standard InChI is InChI=1S/C26H30N2O5/c1-17-8-10-26(11-9-17)28(25(30)20-5-3-4-18(2)12-20)21(15-33-26)24(29)27-14-19-6-7-22-23(13-19)32-16-31-22/h3-7,12-13,17,21H,8-11,14-16H2,1-2H3,(H,27,29)/t17?,21-,26?/m1/s1. The molecule has 7 heteroatoms. The average Bonchev–Trinajstić information content (AvgIpc) is 3.43. The van der Waals surface area contributed by atoms with E-state index in [1.807, 2.05) is 49.4 Å². The quantitative estimate of drug-likeness (QED) is 0.767. The fourth-order valence-electron chi connectivity index (χ4n) is 5.06. The summed E-state index contributed by atoms with van der Waals surface area (Å²) in [4.78, 5) is 28.7. The number of rotatable bonds is 4. The van der Waals surface area contributed by atoms with Crippen LogP contribution in [0.25, 0.3) is 0 Å². The van der Waals surface area contributed by atoms with Crippen LogP contribution in [-0.4, -0.2) is 41.9 Å². The van der Waals surface area contributed by atoms with E-state index >= 15 is 0 Å². The molecule has 1 saturated heterocycles. The third kappa shape index (κ3) is 4.17. The van der Waals surface area contributed by atoms with Crippen molar-refractivity contribution in [3.63, 3.8) is 0 Å². The molecule has 0 bridgehead atoms. The molecule has 1 N–H and O–H groups in total. The molecule has 0 radical (unpaired) electrons. The molecule has 1 atom stereocenters. The Morgan fingerprint density at radius 3 is 2.67 bits per heavy atom. The minimum atomic E-state index is -0.714. The van der Waals surface area contributed by atoms with Gasteiger partial charge >= 0.3 is 0 Å². The molecule has 7 nitrogen and oxygen atoms in total. The van der Waals surface area contributed by atoms with E-state index < -0.39 is 11.8 Å². The second-order valence-corrected chi connectivity index (χ2v) is 9.41. The number of fused-ring (bicyclic) bond motifs is 1. The highest BCUT2D eigenvalue weighted by molar-refractivity contribution is 5.98. The molecule has 1 spiro atoms. The number of aryl methyl sites for hydroxylation is 1. The van der Waals surface area contributed by atoms with Crippen LogP contribution in [0.15, 0.2) is 42.5 Å². The lowest BCUT2D eigenvalue weighted by Gasteiger charge is -2.43. The Kier molecular flexibility index (Phi) is 5.74. The zero-order valence-electron chi connectivity index (χ0n) is 19.1. The summed E-state index contributed by atoms with van der Waals surface area (Å²) in [5.74, 6) is 1.63. The number of benzene rings is 2. The second-order valence-electron chi connectivity index (χ2n) is 9.41. The molecule has 1 saturated carbocycles. The van der Waals surface area contributed by atoms with Crippen molar-refractivity contribution in [1.29, 1.82) is 0 Å². The van der Waals surface area contributed by atoms with Gasteiger partial charge in [0.25, 0.3) is 5.91 Å². The number of nitrogens with zero attached hydrogens (tertiary/aromatic N) is 1. The van der Waals surface area contributed by atoms with Gasteiger partial charge in [-0.05, 0) is 68.4 Å². The highest BCUT2D eigenvalue weighted by atomic mass is 16.7. The van der Waals surface area contributed by atoms with E-state index in [1.54, 1.807) is 4.90 Å². The van der Waals surface area contributed by atoms with E-state index in [2.05, 4.69) is 12.2 Å². The van der Waals surface area contributed by atoms with Crippen LogP contribution < -0.4 is 14.8 Å². The number of hydrogen-bond donors (Lipinski definition) is 1. The van der Waals surface area contributed by atoms with Gasteiger partial charge in [0, 0.05) is 12.1 Å². The van der Waals surface area contributed by atoms with Gasteiger partial charge < -0.3 is 19.5 Å². The molecular weight excluding hydrogens is 420 g/mol.